The first kappa shape index (κ1) is 55.9. The standard InChI is InChI=1S/C16H15N5O.C16H13N3OS.C13H12BrN3O.C13H15N3O/c1-21-9-12(8-19-21)13-4-2-3-10-7-11(5-6-14(10)13)15(22)20-16(17)18;17-16(18)19-15(20)11-4-5-14-10(8-11)2-1-3-13(14)12-6-7-21-9-12;1-7-2-3-8-6-9(12(18)17-13(15)16)4-5-10(8)11(7)14;14-13(15)16-12(17)8-7-10-4-1-3-9-5-2-6-11(9)10/h2-9H,1H3,(H4,17,18,20,22);1-9H,(H4,17,18,19,20);2-6H,1H3,(H4,15,16,17,18);1,3-4,7-8H,2,5-6H2,(H4,14,15,16,17)/b;;;8-7+. The van der Waals surface area contributed by atoms with Crippen molar-refractivity contribution >= 4 is 113 Å². The molecule has 1 aliphatic rings. The predicted molar refractivity (Wildman–Crippen MR) is 319 cm³/mol. The quantitative estimate of drug-likeness (QED) is 0.0427. The van der Waals surface area contributed by atoms with Gasteiger partial charge >= 0.3 is 0 Å². The molecule has 0 saturated carbocycles. The largest absolute Gasteiger partial charge is 0.370 e. The van der Waals surface area contributed by atoms with Crippen molar-refractivity contribution in [3.63, 3.8) is 0 Å². The molecule has 0 bridgehead atoms. The number of aryl methyl sites for hydroxylation is 3. The van der Waals surface area contributed by atoms with Gasteiger partial charge in [0.2, 0.25) is 0 Å². The summed E-state index contributed by atoms with van der Waals surface area (Å²) in [6, 6.07) is 40.3. The number of benzene rings is 7. The third-order valence-electron chi connectivity index (χ3n) is 12.0. The Hall–Kier alpha value is -9.79. The zero-order chi connectivity index (χ0) is 56.0. The summed E-state index contributed by atoms with van der Waals surface area (Å²) in [7, 11) is 1.88. The van der Waals surface area contributed by atoms with Crippen molar-refractivity contribution in [2.75, 3.05) is 0 Å². The molecule has 0 saturated heterocycles. The van der Waals surface area contributed by atoms with Crippen LogP contribution in [0.25, 0.3) is 60.6 Å². The summed E-state index contributed by atoms with van der Waals surface area (Å²) in [4.78, 5) is 60.8. The number of guanidine groups is 4. The van der Waals surface area contributed by atoms with Gasteiger partial charge < -0.3 is 45.9 Å². The highest BCUT2D eigenvalue weighted by Crippen LogP contribution is 2.33. The van der Waals surface area contributed by atoms with E-state index < -0.39 is 23.6 Å². The van der Waals surface area contributed by atoms with Gasteiger partial charge in [0.15, 0.2) is 23.8 Å². The minimum Gasteiger partial charge on any atom is -0.370 e. The lowest BCUT2D eigenvalue weighted by Gasteiger charge is -2.06. The van der Waals surface area contributed by atoms with Crippen molar-refractivity contribution in [2.24, 2.45) is 72.9 Å². The van der Waals surface area contributed by atoms with Crippen LogP contribution in [0.5, 0.6) is 0 Å². The fourth-order valence-corrected chi connectivity index (χ4v) is 9.67. The van der Waals surface area contributed by atoms with Gasteiger partial charge in [-0.3, -0.25) is 23.9 Å². The molecule has 1 aliphatic carbocycles. The number of halogens is 1. The molecule has 18 nitrogen and oxygen atoms in total. The van der Waals surface area contributed by atoms with E-state index in [-0.39, 0.29) is 23.8 Å². The van der Waals surface area contributed by atoms with Crippen LogP contribution in [0.3, 0.4) is 0 Å². The first-order chi connectivity index (χ1) is 37.3. The summed E-state index contributed by atoms with van der Waals surface area (Å²) in [6.45, 7) is 2.02. The number of carbonyl (C=O) groups excluding carboxylic acids is 4. The Morgan fingerprint density at radius 1 is 0.590 bits per heavy atom. The second-order valence-corrected chi connectivity index (χ2v) is 19.2. The Kier molecular flexibility index (Phi) is 18.4. The first-order valence-electron chi connectivity index (χ1n) is 24.0. The van der Waals surface area contributed by atoms with Gasteiger partial charge in [-0.25, -0.2) is 0 Å². The van der Waals surface area contributed by atoms with Crippen LogP contribution in [0.15, 0.2) is 181 Å². The van der Waals surface area contributed by atoms with Gasteiger partial charge in [-0.2, -0.15) is 36.4 Å². The first-order valence-corrected chi connectivity index (χ1v) is 25.7. The van der Waals surface area contributed by atoms with Gasteiger partial charge in [0, 0.05) is 46.0 Å². The molecule has 4 amide bonds. The van der Waals surface area contributed by atoms with E-state index in [4.69, 9.17) is 45.9 Å². The molecule has 78 heavy (non-hydrogen) atoms. The van der Waals surface area contributed by atoms with Gasteiger partial charge in [0.05, 0.1) is 6.20 Å². The van der Waals surface area contributed by atoms with Crippen LogP contribution in [-0.4, -0.2) is 57.2 Å². The lowest BCUT2D eigenvalue weighted by molar-refractivity contribution is -0.113. The second-order valence-electron chi connectivity index (χ2n) is 17.6. The highest BCUT2D eigenvalue weighted by molar-refractivity contribution is 9.10. The normalized spacial score (nSPS) is 11.2. The van der Waals surface area contributed by atoms with Crippen molar-refractivity contribution in [3.05, 3.63) is 200 Å². The Bertz CT molecular complexity index is 3880. The number of fused-ring (bicyclic) bond motifs is 4. The van der Waals surface area contributed by atoms with Gasteiger partial charge in [0.1, 0.15) is 0 Å². The number of rotatable bonds is 7. The van der Waals surface area contributed by atoms with E-state index in [9.17, 15) is 19.2 Å². The van der Waals surface area contributed by atoms with E-state index in [2.05, 4.69) is 64.6 Å². The summed E-state index contributed by atoms with van der Waals surface area (Å²) in [5.41, 5.74) is 52.3. The predicted octanol–water partition coefficient (Wildman–Crippen LogP) is 7.95. The van der Waals surface area contributed by atoms with E-state index in [0.29, 0.717) is 16.7 Å². The Balaban J connectivity index is 0.000000152. The minimum absolute atomic E-state index is 0.210. The van der Waals surface area contributed by atoms with E-state index in [1.54, 1.807) is 58.5 Å². The maximum absolute atomic E-state index is 11.9. The highest BCUT2D eigenvalue weighted by atomic mass is 79.9. The highest BCUT2D eigenvalue weighted by Gasteiger charge is 2.14. The van der Waals surface area contributed by atoms with Crippen LogP contribution in [0.2, 0.25) is 0 Å². The SMILES string of the molecule is Cc1ccc2cc(C(=O)N=C(N)N)ccc2c1Br.Cn1cc(-c2cccc3cc(C(=O)N=C(N)N)ccc23)cn1.NC(N)=NC(=O)/C=C/c1cccc2c1CCC2.NC(N)=NC(=O)c1ccc2c(-c3ccsc3)cccc2c1. The van der Waals surface area contributed by atoms with Crippen LogP contribution < -0.4 is 45.9 Å². The number of amides is 4. The Labute approximate surface area is 461 Å². The monoisotopic (exact) mass is 1120 g/mol. The van der Waals surface area contributed by atoms with Gasteiger partial charge in [-0.15, -0.1) is 0 Å². The van der Waals surface area contributed by atoms with Crippen LogP contribution in [0.4, 0.5) is 0 Å². The average Bonchev–Trinajstić information content (AvgIpc) is 4.26. The molecule has 10 rings (SSSR count). The van der Waals surface area contributed by atoms with E-state index in [1.807, 2.05) is 105 Å². The van der Waals surface area contributed by atoms with Gasteiger partial charge in [0.25, 0.3) is 23.6 Å². The molecule has 0 atom stereocenters. The number of hydrogen-bond acceptors (Lipinski definition) is 6. The average molecular weight is 1120 g/mol. The molecular weight excluding hydrogens is 1070 g/mol. The third kappa shape index (κ3) is 14.5. The molecule has 0 spiro atoms. The summed E-state index contributed by atoms with van der Waals surface area (Å²) in [5.74, 6) is -2.66. The smallest absolute Gasteiger partial charge is 0.280 e. The number of aromatic nitrogens is 2. The number of carbonyl (C=O) groups is 4. The molecule has 394 valence electrons. The lowest BCUT2D eigenvalue weighted by atomic mass is 9.98. The summed E-state index contributed by atoms with van der Waals surface area (Å²) in [5, 5.41) is 14.4. The second kappa shape index (κ2) is 25.6. The molecule has 0 unspecified atom stereocenters. The van der Waals surface area contributed by atoms with Crippen LogP contribution in [0.1, 0.15) is 59.7 Å². The Morgan fingerprint density at radius 2 is 1.10 bits per heavy atom. The molecule has 16 N–H and O–H groups in total. The molecule has 2 heterocycles. The molecular formula is C58H55BrN14O4S. The summed E-state index contributed by atoms with van der Waals surface area (Å²) < 4.78 is 2.78. The number of nitrogens with two attached hydrogens (primary N) is 8. The number of hydrogen-bond donors (Lipinski definition) is 8. The van der Waals surface area contributed by atoms with E-state index in [0.717, 1.165) is 77.4 Å². The van der Waals surface area contributed by atoms with Gasteiger partial charge in [-0.05, 0) is 173 Å². The number of aliphatic imine (C=N–C) groups is 4. The summed E-state index contributed by atoms with van der Waals surface area (Å²) >= 11 is 5.19. The number of nitrogens with zero attached hydrogens (tertiary/aromatic N) is 6. The summed E-state index contributed by atoms with van der Waals surface area (Å²) in [6.07, 6.45) is 10.3. The maximum Gasteiger partial charge on any atom is 0.280 e. The van der Waals surface area contributed by atoms with Crippen molar-refractivity contribution < 1.29 is 19.2 Å². The molecule has 7 aromatic carbocycles. The molecule has 0 fully saturated rings. The Morgan fingerprint density at radius 3 is 1.60 bits per heavy atom. The minimum atomic E-state index is -0.450. The topological polar surface area (TPSA) is 344 Å². The lowest BCUT2D eigenvalue weighted by Crippen LogP contribution is -2.24. The van der Waals surface area contributed by atoms with Crippen molar-refractivity contribution in [3.8, 4) is 22.3 Å². The molecule has 20 heteroatoms. The van der Waals surface area contributed by atoms with E-state index >= 15 is 0 Å². The molecule has 2 aromatic heterocycles. The van der Waals surface area contributed by atoms with Crippen LogP contribution >= 0.6 is 27.3 Å². The van der Waals surface area contributed by atoms with Crippen LogP contribution in [0, 0.1) is 6.92 Å². The maximum atomic E-state index is 11.9. The third-order valence-corrected chi connectivity index (χ3v) is 13.8. The fourth-order valence-electron chi connectivity index (χ4n) is 8.53. The molecule has 0 radical (unpaired) electrons. The molecule has 9 aromatic rings. The van der Waals surface area contributed by atoms with E-state index in [1.165, 1.54) is 29.2 Å². The zero-order valence-corrected chi connectivity index (χ0v) is 44.8. The van der Waals surface area contributed by atoms with Crippen LogP contribution in [-0.2, 0) is 24.7 Å². The van der Waals surface area contributed by atoms with Crippen molar-refractivity contribution in [1.29, 1.82) is 0 Å². The van der Waals surface area contributed by atoms with Crippen molar-refractivity contribution in [2.45, 2.75) is 26.2 Å². The number of thiophene rings is 1. The fraction of sp³-hybridized carbons (Fsp3) is 0.0862. The van der Waals surface area contributed by atoms with Gasteiger partial charge in [-0.1, -0.05) is 84.9 Å². The zero-order valence-electron chi connectivity index (χ0n) is 42.4. The van der Waals surface area contributed by atoms with Crippen molar-refractivity contribution in [1.82, 2.24) is 9.78 Å². The molecule has 0 aliphatic heterocycles.